The van der Waals surface area contributed by atoms with E-state index in [1.54, 1.807) is 0 Å². The Bertz CT molecular complexity index is 764. The quantitative estimate of drug-likeness (QED) is 0.563. The third kappa shape index (κ3) is 5.35. The molecule has 0 spiro atoms. The Morgan fingerprint density at radius 1 is 1.44 bits per heavy atom. The Hall–Kier alpha value is -2.29. The topological polar surface area (TPSA) is 105 Å². The first-order chi connectivity index (χ1) is 13.0. The van der Waals surface area contributed by atoms with Crippen LogP contribution in [-0.2, 0) is 4.74 Å². The molecule has 0 bridgehead atoms. The van der Waals surface area contributed by atoms with Crippen molar-refractivity contribution < 1.29 is 9.53 Å². The number of aromatic nitrogens is 2. The summed E-state index contributed by atoms with van der Waals surface area (Å²) in [5.41, 5.74) is 7.82. The highest BCUT2D eigenvalue weighted by atomic mass is 79.9. The number of carbonyl (C=O) groups excluding carboxylic acids is 1. The fraction of sp³-hybridized carbons (Fsp3) is 0.500. The van der Waals surface area contributed by atoms with Gasteiger partial charge >= 0.3 is 6.09 Å². The van der Waals surface area contributed by atoms with Gasteiger partial charge in [0.25, 0.3) is 0 Å². The van der Waals surface area contributed by atoms with Gasteiger partial charge in [-0.3, -0.25) is 0 Å². The molecule has 1 aliphatic heterocycles. The summed E-state index contributed by atoms with van der Waals surface area (Å²) in [4.78, 5) is 22.5. The Kier molecular flexibility index (Phi) is 6.54. The lowest BCUT2D eigenvalue weighted by molar-refractivity contribution is 0.145. The number of amides is 1. The molecule has 0 aromatic carbocycles. The van der Waals surface area contributed by atoms with Crippen LogP contribution in [0.1, 0.15) is 31.5 Å². The van der Waals surface area contributed by atoms with E-state index in [1.165, 1.54) is 0 Å². The summed E-state index contributed by atoms with van der Waals surface area (Å²) >= 11 is 3.49. The largest absolute Gasteiger partial charge is 0.450 e. The lowest BCUT2D eigenvalue weighted by Gasteiger charge is -2.17. The van der Waals surface area contributed by atoms with Gasteiger partial charge < -0.3 is 26.0 Å². The number of rotatable bonds is 7. The molecular formula is C18H25BrN6O2. The van der Waals surface area contributed by atoms with Crippen LogP contribution in [-0.4, -0.2) is 42.4 Å². The summed E-state index contributed by atoms with van der Waals surface area (Å²) < 4.78 is 6.41. The molecule has 2 aliphatic rings. The van der Waals surface area contributed by atoms with E-state index in [9.17, 15) is 4.79 Å². The highest BCUT2D eigenvalue weighted by molar-refractivity contribution is 9.11. The third-order valence-electron chi connectivity index (χ3n) is 4.40. The monoisotopic (exact) mass is 436 g/mol. The lowest BCUT2D eigenvalue weighted by atomic mass is 10.1. The van der Waals surface area contributed by atoms with Gasteiger partial charge in [-0.25, -0.2) is 14.8 Å². The van der Waals surface area contributed by atoms with Gasteiger partial charge in [-0.05, 0) is 48.7 Å². The summed E-state index contributed by atoms with van der Waals surface area (Å²) in [6, 6.07) is 0. The number of alkyl carbamates (subject to hydrolysis) is 1. The van der Waals surface area contributed by atoms with Crippen LogP contribution >= 0.6 is 15.9 Å². The van der Waals surface area contributed by atoms with Crippen LogP contribution in [0.25, 0.3) is 0 Å². The number of nitrogen functional groups attached to an aromatic ring is 1. The predicted octanol–water partition coefficient (Wildman–Crippen LogP) is 3.06. The highest BCUT2D eigenvalue weighted by Crippen LogP contribution is 2.33. The Labute approximate surface area is 167 Å². The molecule has 1 aliphatic carbocycles. The predicted molar refractivity (Wildman–Crippen MR) is 110 cm³/mol. The van der Waals surface area contributed by atoms with Crippen LogP contribution in [0.3, 0.4) is 0 Å². The van der Waals surface area contributed by atoms with Crippen LogP contribution in [0.5, 0.6) is 0 Å². The fourth-order valence-corrected chi connectivity index (χ4v) is 3.58. The van der Waals surface area contributed by atoms with E-state index >= 15 is 0 Å². The number of allylic oxidation sites excluding steroid dienone is 2. The van der Waals surface area contributed by atoms with Gasteiger partial charge in [0, 0.05) is 13.1 Å². The molecule has 0 atom stereocenters. The SMILES string of the molecule is Cc1nc(N)c2c(n1)N(CCCCOC(=O)NCC1=CCCC(Br)=C1)CN2. The van der Waals surface area contributed by atoms with Gasteiger partial charge in [-0.2, -0.15) is 0 Å². The minimum Gasteiger partial charge on any atom is -0.450 e. The van der Waals surface area contributed by atoms with Gasteiger partial charge in [0.05, 0.1) is 13.3 Å². The standard InChI is InChI=1S/C18H25BrN6O2/c1-12-23-16(20)15-17(24-12)25(11-22-15)7-2-3-8-27-18(26)21-10-13-5-4-6-14(19)9-13/h5,9,22H,2-4,6-8,10-11H2,1H3,(H,21,26)(H2,20,23,24). The Balaban J connectivity index is 1.33. The van der Waals surface area contributed by atoms with Crippen molar-refractivity contribution in [1.82, 2.24) is 15.3 Å². The number of nitrogens with two attached hydrogens (primary N) is 1. The van der Waals surface area contributed by atoms with Gasteiger partial charge in [0.1, 0.15) is 11.5 Å². The molecule has 9 heteroatoms. The van der Waals surface area contributed by atoms with Crippen molar-refractivity contribution in [3.05, 3.63) is 28.0 Å². The van der Waals surface area contributed by atoms with E-state index in [-0.39, 0.29) is 6.09 Å². The zero-order valence-corrected chi connectivity index (χ0v) is 17.0. The summed E-state index contributed by atoms with van der Waals surface area (Å²) in [5.74, 6) is 1.99. The number of nitrogens with one attached hydrogen (secondary N) is 2. The molecule has 1 amide bonds. The first kappa shape index (κ1) is 19.5. The number of aryl methyl sites for hydroxylation is 1. The van der Waals surface area contributed by atoms with E-state index in [4.69, 9.17) is 10.5 Å². The number of anilines is 3. The maximum atomic E-state index is 11.8. The van der Waals surface area contributed by atoms with Gasteiger partial charge in [0.15, 0.2) is 11.6 Å². The number of fused-ring (bicyclic) bond motifs is 1. The molecule has 1 aromatic rings. The van der Waals surface area contributed by atoms with Crippen LogP contribution in [0.2, 0.25) is 0 Å². The maximum Gasteiger partial charge on any atom is 0.407 e. The molecule has 2 heterocycles. The zero-order valence-electron chi connectivity index (χ0n) is 15.4. The molecule has 0 unspecified atom stereocenters. The second-order valence-electron chi connectivity index (χ2n) is 6.56. The van der Waals surface area contributed by atoms with E-state index in [0.29, 0.717) is 31.5 Å². The molecule has 1 aromatic heterocycles. The minimum atomic E-state index is -0.379. The average molecular weight is 437 g/mol. The molecule has 0 fully saturated rings. The minimum absolute atomic E-state index is 0.379. The summed E-state index contributed by atoms with van der Waals surface area (Å²) in [5, 5.41) is 6.01. The number of unbranched alkanes of at least 4 members (excludes halogenated alkanes) is 1. The van der Waals surface area contributed by atoms with Crippen molar-refractivity contribution in [2.75, 3.05) is 42.3 Å². The second kappa shape index (κ2) is 9.07. The summed E-state index contributed by atoms with van der Waals surface area (Å²) in [6.07, 6.45) is 7.48. The molecule has 0 radical (unpaired) electrons. The number of halogens is 1. The first-order valence-electron chi connectivity index (χ1n) is 9.11. The molecule has 0 saturated heterocycles. The molecule has 27 heavy (non-hydrogen) atoms. The molecule has 0 saturated carbocycles. The molecular weight excluding hydrogens is 412 g/mol. The fourth-order valence-electron chi connectivity index (χ4n) is 3.06. The normalized spacial score (nSPS) is 15.6. The Morgan fingerprint density at radius 3 is 3.11 bits per heavy atom. The number of hydrogen-bond acceptors (Lipinski definition) is 7. The van der Waals surface area contributed by atoms with E-state index in [0.717, 1.165) is 53.8 Å². The first-order valence-corrected chi connectivity index (χ1v) is 9.91. The van der Waals surface area contributed by atoms with Crippen LogP contribution < -0.4 is 21.3 Å². The van der Waals surface area contributed by atoms with Crippen LogP contribution in [0.4, 0.5) is 22.1 Å². The maximum absolute atomic E-state index is 11.8. The van der Waals surface area contributed by atoms with Gasteiger partial charge in [-0.15, -0.1) is 0 Å². The van der Waals surface area contributed by atoms with Gasteiger partial charge in [0.2, 0.25) is 0 Å². The number of nitrogens with zero attached hydrogens (tertiary/aromatic N) is 3. The number of ether oxygens (including phenoxy) is 1. The van der Waals surface area contributed by atoms with Crippen molar-refractivity contribution in [2.24, 2.45) is 0 Å². The van der Waals surface area contributed by atoms with Crippen LogP contribution in [0.15, 0.2) is 22.2 Å². The third-order valence-corrected chi connectivity index (χ3v) is 5.03. The molecule has 4 N–H and O–H groups in total. The molecule has 3 rings (SSSR count). The van der Waals surface area contributed by atoms with Crippen molar-refractivity contribution in [3.63, 3.8) is 0 Å². The van der Waals surface area contributed by atoms with E-state index in [1.807, 2.05) is 13.0 Å². The highest BCUT2D eigenvalue weighted by Gasteiger charge is 2.23. The number of carbonyl (C=O) groups is 1. The average Bonchev–Trinajstić information content (AvgIpc) is 3.03. The van der Waals surface area contributed by atoms with Gasteiger partial charge in [-0.1, -0.05) is 22.0 Å². The van der Waals surface area contributed by atoms with Crippen molar-refractivity contribution in [2.45, 2.75) is 32.6 Å². The number of hydrogen-bond donors (Lipinski definition) is 3. The van der Waals surface area contributed by atoms with E-state index in [2.05, 4.69) is 47.5 Å². The smallest absolute Gasteiger partial charge is 0.407 e. The summed E-state index contributed by atoms with van der Waals surface area (Å²) in [7, 11) is 0. The molecule has 146 valence electrons. The van der Waals surface area contributed by atoms with Crippen molar-refractivity contribution in [3.8, 4) is 0 Å². The Morgan fingerprint density at radius 2 is 2.30 bits per heavy atom. The van der Waals surface area contributed by atoms with Crippen molar-refractivity contribution >= 4 is 39.3 Å². The van der Waals surface area contributed by atoms with Crippen LogP contribution in [0, 0.1) is 6.92 Å². The lowest BCUT2D eigenvalue weighted by Crippen LogP contribution is -2.27. The summed E-state index contributed by atoms with van der Waals surface area (Å²) in [6.45, 7) is 4.19. The second-order valence-corrected chi connectivity index (χ2v) is 7.58. The molecule has 8 nitrogen and oxygen atoms in total. The van der Waals surface area contributed by atoms with E-state index < -0.39 is 0 Å². The van der Waals surface area contributed by atoms with Crippen molar-refractivity contribution in [1.29, 1.82) is 0 Å². The zero-order chi connectivity index (χ0) is 19.2.